The van der Waals surface area contributed by atoms with Crippen molar-refractivity contribution in [3.63, 3.8) is 0 Å². The Balaban J connectivity index is 1.59. The molecule has 2 atom stereocenters. The summed E-state index contributed by atoms with van der Waals surface area (Å²) < 4.78 is 0. The second kappa shape index (κ2) is 6.00. The van der Waals surface area contributed by atoms with Gasteiger partial charge in [-0.15, -0.1) is 0 Å². The molecule has 1 fully saturated rings. The van der Waals surface area contributed by atoms with Gasteiger partial charge in [-0.05, 0) is 43.4 Å². The zero-order chi connectivity index (χ0) is 11.2. The van der Waals surface area contributed by atoms with Crippen LogP contribution in [0.25, 0.3) is 0 Å². The van der Waals surface area contributed by atoms with E-state index in [0.717, 1.165) is 24.8 Å². The topological polar surface area (TPSA) is 24.9 Å². The Kier molecular flexibility index (Phi) is 4.34. The van der Waals surface area contributed by atoms with Crippen LogP contribution in [0.15, 0.2) is 24.4 Å². The van der Waals surface area contributed by atoms with Crippen molar-refractivity contribution in [2.45, 2.75) is 32.6 Å². The average Bonchev–Trinajstić information content (AvgIpc) is 2.72. The van der Waals surface area contributed by atoms with Crippen LogP contribution in [0.4, 0.5) is 0 Å². The minimum absolute atomic E-state index is 0.915. The Bertz CT molecular complexity index is 297. The number of pyridine rings is 1. The van der Waals surface area contributed by atoms with Crippen LogP contribution in [0.3, 0.4) is 0 Å². The molecule has 0 aromatic carbocycles. The molecule has 1 aromatic rings. The third-order valence-electron chi connectivity index (χ3n) is 3.52. The highest BCUT2D eigenvalue weighted by atomic mass is 14.9. The molecule has 2 nitrogen and oxygen atoms in total. The van der Waals surface area contributed by atoms with Gasteiger partial charge in [0.2, 0.25) is 0 Å². The normalized spacial score (nSPS) is 24.8. The van der Waals surface area contributed by atoms with Crippen molar-refractivity contribution in [3.05, 3.63) is 30.1 Å². The van der Waals surface area contributed by atoms with Crippen molar-refractivity contribution < 1.29 is 0 Å². The lowest BCUT2D eigenvalue weighted by atomic mass is 10.1. The van der Waals surface area contributed by atoms with Crippen LogP contribution in [0.1, 0.15) is 31.9 Å². The summed E-state index contributed by atoms with van der Waals surface area (Å²) in [4.78, 5) is 4.32. The molecule has 1 heterocycles. The van der Waals surface area contributed by atoms with Crippen LogP contribution in [-0.4, -0.2) is 18.1 Å². The highest BCUT2D eigenvalue weighted by molar-refractivity contribution is 5.03. The highest BCUT2D eigenvalue weighted by Gasteiger charge is 2.20. The van der Waals surface area contributed by atoms with Crippen LogP contribution >= 0.6 is 0 Å². The van der Waals surface area contributed by atoms with Crippen molar-refractivity contribution in [2.75, 3.05) is 13.1 Å². The van der Waals surface area contributed by atoms with Crippen molar-refractivity contribution in [1.82, 2.24) is 10.3 Å². The number of nitrogens with zero attached hydrogens (tertiary/aromatic N) is 1. The number of nitrogens with one attached hydrogen (secondary N) is 1. The number of hydrogen-bond donors (Lipinski definition) is 1. The standard InChI is InChI=1S/C14H22N2/c1-12-5-6-13(10-12)11-15-9-7-14-4-2-3-8-16-14/h2-4,8,12-13,15H,5-7,9-11H2,1H3. The smallest absolute Gasteiger partial charge is 0.0416 e. The quantitative estimate of drug-likeness (QED) is 0.769. The maximum atomic E-state index is 4.32. The van der Waals surface area contributed by atoms with Crippen LogP contribution in [0.5, 0.6) is 0 Å². The third-order valence-corrected chi connectivity index (χ3v) is 3.52. The van der Waals surface area contributed by atoms with Gasteiger partial charge in [0.15, 0.2) is 0 Å². The first-order valence-electron chi connectivity index (χ1n) is 6.45. The molecule has 1 aliphatic rings. The lowest BCUT2D eigenvalue weighted by Gasteiger charge is -2.10. The van der Waals surface area contributed by atoms with Crippen LogP contribution in [-0.2, 0) is 6.42 Å². The first kappa shape index (κ1) is 11.6. The third kappa shape index (κ3) is 3.60. The lowest BCUT2D eigenvalue weighted by molar-refractivity contribution is 0.472. The van der Waals surface area contributed by atoms with Gasteiger partial charge >= 0.3 is 0 Å². The Morgan fingerprint density at radius 2 is 2.31 bits per heavy atom. The summed E-state index contributed by atoms with van der Waals surface area (Å²) in [5.41, 5.74) is 1.19. The fraction of sp³-hybridized carbons (Fsp3) is 0.643. The molecule has 2 unspecified atom stereocenters. The molecule has 2 heteroatoms. The monoisotopic (exact) mass is 218 g/mol. The Morgan fingerprint density at radius 1 is 1.38 bits per heavy atom. The molecule has 1 saturated carbocycles. The molecule has 0 radical (unpaired) electrons. The molecule has 0 spiro atoms. The maximum Gasteiger partial charge on any atom is 0.0416 e. The summed E-state index contributed by atoms with van der Waals surface area (Å²) in [6.45, 7) is 4.62. The molecule has 0 aliphatic heterocycles. The summed E-state index contributed by atoms with van der Waals surface area (Å²) in [6, 6.07) is 6.12. The van der Waals surface area contributed by atoms with Gasteiger partial charge in [-0.25, -0.2) is 0 Å². The van der Waals surface area contributed by atoms with E-state index in [1.54, 1.807) is 0 Å². The van der Waals surface area contributed by atoms with E-state index in [1.165, 1.54) is 31.5 Å². The summed E-state index contributed by atoms with van der Waals surface area (Å²) >= 11 is 0. The minimum Gasteiger partial charge on any atom is -0.316 e. The van der Waals surface area contributed by atoms with Gasteiger partial charge in [0, 0.05) is 24.9 Å². The largest absolute Gasteiger partial charge is 0.316 e. The second-order valence-electron chi connectivity index (χ2n) is 5.06. The molecule has 0 amide bonds. The van der Waals surface area contributed by atoms with Gasteiger partial charge < -0.3 is 5.32 Å². The van der Waals surface area contributed by atoms with Gasteiger partial charge in [0.05, 0.1) is 0 Å². The Hall–Kier alpha value is -0.890. The van der Waals surface area contributed by atoms with Crippen LogP contribution in [0.2, 0.25) is 0 Å². The Morgan fingerprint density at radius 3 is 3.00 bits per heavy atom. The Labute approximate surface area is 98.5 Å². The second-order valence-corrected chi connectivity index (χ2v) is 5.06. The fourth-order valence-corrected chi connectivity index (χ4v) is 2.58. The molecule has 0 saturated heterocycles. The number of rotatable bonds is 5. The zero-order valence-corrected chi connectivity index (χ0v) is 10.2. The van der Waals surface area contributed by atoms with E-state index in [-0.39, 0.29) is 0 Å². The van der Waals surface area contributed by atoms with Crippen molar-refractivity contribution in [3.8, 4) is 0 Å². The number of aromatic nitrogens is 1. The van der Waals surface area contributed by atoms with E-state index in [0.29, 0.717) is 0 Å². The lowest BCUT2D eigenvalue weighted by Crippen LogP contribution is -2.23. The average molecular weight is 218 g/mol. The zero-order valence-electron chi connectivity index (χ0n) is 10.2. The molecule has 1 aliphatic carbocycles. The molecular formula is C14H22N2. The predicted molar refractivity (Wildman–Crippen MR) is 67.3 cm³/mol. The molecule has 2 rings (SSSR count). The molecule has 0 bridgehead atoms. The van der Waals surface area contributed by atoms with Crippen molar-refractivity contribution in [2.24, 2.45) is 11.8 Å². The van der Waals surface area contributed by atoms with E-state index in [4.69, 9.17) is 0 Å². The van der Waals surface area contributed by atoms with E-state index in [2.05, 4.69) is 29.4 Å². The summed E-state index contributed by atoms with van der Waals surface area (Å²) in [7, 11) is 0. The fourth-order valence-electron chi connectivity index (χ4n) is 2.58. The van der Waals surface area contributed by atoms with E-state index < -0.39 is 0 Å². The molecule has 88 valence electrons. The van der Waals surface area contributed by atoms with Gasteiger partial charge in [-0.3, -0.25) is 4.98 Å². The van der Waals surface area contributed by atoms with E-state index in [1.807, 2.05) is 12.3 Å². The van der Waals surface area contributed by atoms with Gasteiger partial charge in [0.25, 0.3) is 0 Å². The number of hydrogen-bond acceptors (Lipinski definition) is 2. The van der Waals surface area contributed by atoms with E-state index >= 15 is 0 Å². The molecule has 1 aromatic heterocycles. The minimum atomic E-state index is 0.915. The van der Waals surface area contributed by atoms with Gasteiger partial charge in [0.1, 0.15) is 0 Å². The predicted octanol–water partition coefficient (Wildman–Crippen LogP) is 2.65. The van der Waals surface area contributed by atoms with Crippen LogP contribution < -0.4 is 5.32 Å². The first-order chi connectivity index (χ1) is 7.84. The SMILES string of the molecule is CC1CCC(CNCCc2ccccn2)C1. The summed E-state index contributed by atoms with van der Waals surface area (Å²) in [5.74, 6) is 1.86. The maximum absolute atomic E-state index is 4.32. The van der Waals surface area contributed by atoms with E-state index in [9.17, 15) is 0 Å². The molecule has 1 N–H and O–H groups in total. The summed E-state index contributed by atoms with van der Waals surface area (Å²) in [6.07, 6.45) is 7.16. The molecular weight excluding hydrogens is 196 g/mol. The summed E-state index contributed by atoms with van der Waals surface area (Å²) in [5, 5.41) is 3.56. The van der Waals surface area contributed by atoms with Crippen molar-refractivity contribution >= 4 is 0 Å². The first-order valence-corrected chi connectivity index (χ1v) is 6.45. The van der Waals surface area contributed by atoms with Gasteiger partial charge in [-0.2, -0.15) is 0 Å². The highest BCUT2D eigenvalue weighted by Crippen LogP contribution is 2.29. The van der Waals surface area contributed by atoms with Crippen molar-refractivity contribution in [1.29, 1.82) is 0 Å². The van der Waals surface area contributed by atoms with Crippen LogP contribution in [0, 0.1) is 11.8 Å². The van der Waals surface area contributed by atoms with Gasteiger partial charge in [-0.1, -0.05) is 19.4 Å². The molecule has 16 heavy (non-hydrogen) atoms.